The molecule has 0 aliphatic carbocycles. The molecule has 8 heteroatoms. The SMILES string of the molecule is CN(C(=O)Cn1cnc2c1c(=O)n(C)c(=O)n2C)c1ccc2ccccc2c1. The lowest BCUT2D eigenvalue weighted by Gasteiger charge is -2.18. The van der Waals surface area contributed by atoms with Crippen molar-refractivity contribution in [1.82, 2.24) is 18.7 Å². The number of imidazole rings is 1. The number of hydrogen-bond acceptors (Lipinski definition) is 4. The van der Waals surface area contributed by atoms with Crippen LogP contribution in [0.5, 0.6) is 0 Å². The minimum absolute atomic E-state index is 0.0622. The Morgan fingerprint density at radius 1 is 1.04 bits per heavy atom. The monoisotopic (exact) mass is 377 g/mol. The van der Waals surface area contributed by atoms with Crippen molar-refractivity contribution in [2.45, 2.75) is 6.54 Å². The molecule has 142 valence electrons. The van der Waals surface area contributed by atoms with Gasteiger partial charge in [0.2, 0.25) is 5.91 Å². The lowest BCUT2D eigenvalue weighted by atomic mass is 10.1. The number of carbonyl (C=O) groups excluding carboxylic acids is 1. The molecule has 0 N–H and O–H groups in total. The molecule has 2 heterocycles. The molecule has 8 nitrogen and oxygen atoms in total. The fraction of sp³-hybridized carbons (Fsp3) is 0.200. The predicted octanol–water partition coefficient (Wildman–Crippen LogP) is 1.25. The van der Waals surface area contributed by atoms with Gasteiger partial charge in [-0.15, -0.1) is 0 Å². The third-order valence-corrected chi connectivity index (χ3v) is 5.02. The average Bonchev–Trinajstić information content (AvgIpc) is 3.13. The minimum Gasteiger partial charge on any atom is -0.315 e. The van der Waals surface area contributed by atoms with Crippen molar-refractivity contribution in [3.8, 4) is 0 Å². The fourth-order valence-electron chi connectivity index (χ4n) is 3.30. The smallest absolute Gasteiger partial charge is 0.315 e. The molecule has 2 aromatic carbocycles. The summed E-state index contributed by atoms with van der Waals surface area (Å²) in [7, 11) is 4.65. The molecule has 2 aromatic heterocycles. The molecular weight excluding hydrogens is 358 g/mol. The molecule has 4 rings (SSSR count). The molecule has 0 unspecified atom stereocenters. The largest absolute Gasteiger partial charge is 0.332 e. The number of likely N-dealkylation sites (N-methyl/N-ethyl adjacent to an activating group) is 1. The molecule has 0 spiro atoms. The molecule has 1 amide bonds. The van der Waals surface area contributed by atoms with E-state index in [-0.39, 0.29) is 23.6 Å². The van der Waals surface area contributed by atoms with E-state index in [0.29, 0.717) is 0 Å². The van der Waals surface area contributed by atoms with Crippen molar-refractivity contribution in [3.05, 3.63) is 69.6 Å². The van der Waals surface area contributed by atoms with E-state index < -0.39 is 11.2 Å². The van der Waals surface area contributed by atoms with Crippen LogP contribution in [0.15, 0.2) is 58.4 Å². The summed E-state index contributed by atoms with van der Waals surface area (Å²) in [6, 6.07) is 13.7. The van der Waals surface area contributed by atoms with Crippen LogP contribution < -0.4 is 16.1 Å². The summed E-state index contributed by atoms with van der Waals surface area (Å²) in [6.45, 7) is -0.0622. The number of anilines is 1. The third-order valence-electron chi connectivity index (χ3n) is 5.02. The molecule has 0 fully saturated rings. The van der Waals surface area contributed by atoms with Gasteiger partial charge in [-0.3, -0.25) is 18.7 Å². The number of rotatable bonds is 3. The molecule has 0 aliphatic heterocycles. The number of fused-ring (bicyclic) bond motifs is 2. The number of aryl methyl sites for hydroxylation is 1. The highest BCUT2D eigenvalue weighted by atomic mass is 16.2. The van der Waals surface area contributed by atoms with Crippen LogP contribution in [0.4, 0.5) is 5.69 Å². The van der Waals surface area contributed by atoms with Crippen molar-refractivity contribution < 1.29 is 4.79 Å². The van der Waals surface area contributed by atoms with Gasteiger partial charge in [0, 0.05) is 26.8 Å². The molecule has 0 radical (unpaired) electrons. The molecule has 28 heavy (non-hydrogen) atoms. The van der Waals surface area contributed by atoms with Gasteiger partial charge in [-0.05, 0) is 22.9 Å². The highest BCUT2D eigenvalue weighted by molar-refractivity contribution is 5.96. The van der Waals surface area contributed by atoms with Crippen LogP contribution in [0.1, 0.15) is 0 Å². The zero-order valence-corrected chi connectivity index (χ0v) is 15.8. The minimum atomic E-state index is -0.475. The van der Waals surface area contributed by atoms with Crippen LogP contribution >= 0.6 is 0 Å². The van der Waals surface area contributed by atoms with Gasteiger partial charge >= 0.3 is 5.69 Å². The van der Waals surface area contributed by atoms with Crippen molar-refractivity contribution in [3.63, 3.8) is 0 Å². The maximum atomic E-state index is 12.8. The molecule has 0 saturated carbocycles. The molecule has 0 aliphatic rings. The lowest BCUT2D eigenvalue weighted by molar-refractivity contribution is -0.118. The highest BCUT2D eigenvalue weighted by Gasteiger charge is 2.18. The van der Waals surface area contributed by atoms with Crippen molar-refractivity contribution in [2.24, 2.45) is 14.1 Å². The standard InChI is InChI=1S/C20H19N5O3/c1-22(15-9-8-13-6-4-5-7-14(13)10-15)16(26)11-25-12-21-18-17(25)19(27)24(3)20(28)23(18)2/h4-10,12H,11H2,1-3H3. The third kappa shape index (κ3) is 2.70. The first-order valence-corrected chi connectivity index (χ1v) is 8.74. The van der Waals surface area contributed by atoms with Crippen LogP contribution in [0.25, 0.3) is 21.9 Å². The summed E-state index contributed by atoms with van der Waals surface area (Å²) in [6.07, 6.45) is 1.41. The van der Waals surface area contributed by atoms with E-state index in [1.54, 1.807) is 19.0 Å². The number of carbonyl (C=O) groups is 1. The molecule has 0 saturated heterocycles. The first-order valence-electron chi connectivity index (χ1n) is 8.74. The lowest BCUT2D eigenvalue weighted by Crippen LogP contribution is -2.38. The van der Waals surface area contributed by atoms with Crippen LogP contribution in [0.3, 0.4) is 0 Å². The van der Waals surface area contributed by atoms with Gasteiger partial charge in [0.05, 0.1) is 6.33 Å². The van der Waals surface area contributed by atoms with Crippen LogP contribution in [-0.4, -0.2) is 31.6 Å². The Morgan fingerprint density at radius 2 is 1.75 bits per heavy atom. The first-order chi connectivity index (χ1) is 13.4. The Labute approximate surface area is 159 Å². The average molecular weight is 377 g/mol. The van der Waals surface area contributed by atoms with Crippen LogP contribution in [0.2, 0.25) is 0 Å². The van der Waals surface area contributed by atoms with E-state index in [4.69, 9.17) is 0 Å². The quantitative estimate of drug-likeness (QED) is 0.538. The topological polar surface area (TPSA) is 82.1 Å². The van der Waals surface area contributed by atoms with E-state index >= 15 is 0 Å². The van der Waals surface area contributed by atoms with E-state index in [1.165, 1.54) is 22.5 Å². The number of nitrogens with zero attached hydrogens (tertiary/aromatic N) is 5. The Kier molecular flexibility index (Phi) is 4.11. The fourth-order valence-corrected chi connectivity index (χ4v) is 3.30. The maximum absolute atomic E-state index is 12.8. The van der Waals surface area contributed by atoms with Crippen LogP contribution in [-0.2, 0) is 25.4 Å². The summed E-state index contributed by atoms with van der Waals surface area (Å²) in [5, 5.41) is 2.13. The number of hydrogen-bond donors (Lipinski definition) is 0. The number of aromatic nitrogens is 4. The first kappa shape index (κ1) is 17.7. The summed E-state index contributed by atoms with van der Waals surface area (Å²) in [5.74, 6) is -0.203. The normalized spacial score (nSPS) is 11.2. The predicted molar refractivity (Wildman–Crippen MR) is 108 cm³/mol. The van der Waals surface area contributed by atoms with Crippen molar-refractivity contribution >= 4 is 33.5 Å². The van der Waals surface area contributed by atoms with Gasteiger partial charge < -0.3 is 9.47 Å². The number of amides is 1. The van der Waals surface area contributed by atoms with Gasteiger partial charge in [0.15, 0.2) is 11.2 Å². The Hall–Kier alpha value is -3.68. The number of benzene rings is 2. The summed E-state index contributed by atoms with van der Waals surface area (Å²) >= 11 is 0. The zero-order valence-electron chi connectivity index (χ0n) is 15.8. The molecule has 0 bridgehead atoms. The summed E-state index contributed by atoms with van der Waals surface area (Å²) in [5.41, 5.74) is 0.312. The van der Waals surface area contributed by atoms with Crippen LogP contribution in [0, 0.1) is 0 Å². The van der Waals surface area contributed by atoms with Crippen molar-refractivity contribution in [1.29, 1.82) is 0 Å². The second-order valence-electron chi connectivity index (χ2n) is 6.73. The highest BCUT2D eigenvalue weighted by Crippen LogP contribution is 2.21. The van der Waals surface area contributed by atoms with Gasteiger partial charge in [-0.25, -0.2) is 9.78 Å². The van der Waals surface area contributed by atoms with Gasteiger partial charge in [0.1, 0.15) is 6.54 Å². The van der Waals surface area contributed by atoms with E-state index in [9.17, 15) is 14.4 Å². The molecule has 4 aromatic rings. The van der Waals surface area contributed by atoms with Crippen molar-refractivity contribution in [2.75, 3.05) is 11.9 Å². The summed E-state index contributed by atoms with van der Waals surface area (Å²) in [4.78, 5) is 43.1. The second-order valence-corrected chi connectivity index (χ2v) is 6.73. The van der Waals surface area contributed by atoms with E-state index in [1.807, 2.05) is 42.5 Å². The van der Waals surface area contributed by atoms with Gasteiger partial charge in [-0.2, -0.15) is 0 Å². The Bertz CT molecular complexity index is 1350. The van der Waals surface area contributed by atoms with E-state index in [2.05, 4.69) is 4.98 Å². The zero-order chi connectivity index (χ0) is 20.0. The molecule has 0 atom stereocenters. The summed E-state index contributed by atoms with van der Waals surface area (Å²) < 4.78 is 3.79. The maximum Gasteiger partial charge on any atom is 0.332 e. The van der Waals surface area contributed by atoms with Gasteiger partial charge in [0.25, 0.3) is 5.56 Å². The molecular formula is C20H19N5O3. The Morgan fingerprint density at radius 3 is 2.50 bits per heavy atom. The van der Waals surface area contributed by atoms with E-state index in [0.717, 1.165) is 21.0 Å². The second kappa shape index (κ2) is 6.49. The Balaban J connectivity index is 1.70. The van der Waals surface area contributed by atoms with Gasteiger partial charge in [-0.1, -0.05) is 30.3 Å².